The fraction of sp³-hybridized carbons (Fsp3) is 0.345. The highest BCUT2D eigenvalue weighted by Crippen LogP contribution is 2.42. The van der Waals surface area contributed by atoms with E-state index in [1.165, 1.54) is 0 Å². The van der Waals surface area contributed by atoms with Gasteiger partial charge < -0.3 is 23.8 Å². The zero-order valence-electron chi connectivity index (χ0n) is 21.2. The Balaban J connectivity index is 1.49. The number of hydrogen-bond acceptors (Lipinski definition) is 5. The Morgan fingerprint density at radius 3 is 2.41 bits per heavy atom. The number of carbonyl (C=O) groups excluding carboxylic acids is 1. The maximum atomic E-state index is 13.2. The van der Waals surface area contributed by atoms with Crippen LogP contribution in [0.2, 0.25) is 10.0 Å². The second-order valence-electron chi connectivity index (χ2n) is 8.96. The average molecular weight is 544 g/mol. The first-order valence-corrected chi connectivity index (χ1v) is 12.9. The summed E-state index contributed by atoms with van der Waals surface area (Å²) in [6, 6.07) is 20.4. The van der Waals surface area contributed by atoms with Crippen molar-refractivity contribution in [2.75, 3.05) is 27.4 Å². The maximum absolute atomic E-state index is 13.2. The molecule has 4 rings (SSSR count). The van der Waals surface area contributed by atoms with E-state index in [9.17, 15) is 4.79 Å². The van der Waals surface area contributed by atoms with Crippen LogP contribution in [-0.2, 0) is 20.9 Å². The van der Waals surface area contributed by atoms with E-state index in [1.54, 1.807) is 14.2 Å². The summed E-state index contributed by atoms with van der Waals surface area (Å²) in [6.45, 7) is 2.95. The molecule has 1 fully saturated rings. The Kier molecular flexibility index (Phi) is 9.33. The van der Waals surface area contributed by atoms with E-state index in [2.05, 4.69) is 0 Å². The number of carbonyl (C=O) groups is 1. The fourth-order valence-electron chi connectivity index (χ4n) is 4.66. The van der Waals surface area contributed by atoms with Crippen molar-refractivity contribution in [2.45, 2.75) is 38.1 Å². The van der Waals surface area contributed by atoms with Crippen molar-refractivity contribution in [3.63, 3.8) is 0 Å². The molecule has 196 valence electrons. The number of methoxy groups -OCH3 is 2. The first-order chi connectivity index (χ1) is 17.9. The van der Waals surface area contributed by atoms with Crippen LogP contribution in [0.1, 0.15) is 42.2 Å². The zero-order chi connectivity index (χ0) is 26.4. The van der Waals surface area contributed by atoms with Crippen molar-refractivity contribution in [1.29, 1.82) is 0 Å². The third-order valence-corrected chi connectivity index (χ3v) is 7.01. The molecule has 0 aliphatic carbocycles. The van der Waals surface area contributed by atoms with Gasteiger partial charge in [0.05, 0.1) is 26.9 Å². The molecule has 37 heavy (non-hydrogen) atoms. The highest BCUT2D eigenvalue weighted by atomic mass is 35.5. The molecule has 3 atom stereocenters. The Labute approximate surface area is 228 Å². The predicted molar refractivity (Wildman–Crippen MR) is 144 cm³/mol. The molecule has 1 aliphatic rings. The van der Waals surface area contributed by atoms with Crippen LogP contribution < -0.4 is 9.47 Å². The Morgan fingerprint density at radius 1 is 0.946 bits per heavy atom. The van der Waals surface area contributed by atoms with Crippen molar-refractivity contribution in [1.82, 2.24) is 4.90 Å². The number of halogens is 2. The van der Waals surface area contributed by atoms with Crippen molar-refractivity contribution in [3.05, 3.63) is 93.5 Å². The standard InChI is InChI=1S/C29H31Cl2NO5/c1-19(13-14-36-17-20-7-12-25(34-2)26(15-20)35-3)32-27(33)18-37-29(22-5-4-6-24(31)16-22)28(32)21-8-10-23(30)11-9-21/h4-12,15-16,19,28-29H,13-14,17-18H2,1-3H3/t19-,28+,29+/m0/s1. The third kappa shape index (κ3) is 6.57. The van der Waals surface area contributed by atoms with E-state index in [0.717, 1.165) is 16.7 Å². The molecule has 0 spiro atoms. The number of hydrogen-bond donors (Lipinski definition) is 0. The molecular weight excluding hydrogens is 513 g/mol. The predicted octanol–water partition coefficient (Wildman–Crippen LogP) is 6.65. The molecule has 0 N–H and O–H groups in total. The quantitative estimate of drug-likeness (QED) is 0.268. The first-order valence-electron chi connectivity index (χ1n) is 12.1. The first kappa shape index (κ1) is 27.3. The highest BCUT2D eigenvalue weighted by molar-refractivity contribution is 6.30. The van der Waals surface area contributed by atoms with Crippen molar-refractivity contribution < 1.29 is 23.7 Å². The topological polar surface area (TPSA) is 57.2 Å². The lowest BCUT2D eigenvalue weighted by molar-refractivity contribution is -0.163. The van der Waals surface area contributed by atoms with Gasteiger partial charge in [0.2, 0.25) is 5.91 Å². The van der Waals surface area contributed by atoms with Crippen LogP contribution in [0.25, 0.3) is 0 Å². The summed E-state index contributed by atoms with van der Waals surface area (Å²) >= 11 is 12.5. The van der Waals surface area contributed by atoms with Crippen molar-refractivity contribution in [2.24, 2.45) is 0 Å². The van der Waals surface area contributed by atoms with E-state index in [1.807, 2.05) is 78.6 Å². The molecule has 0 aromatic heterocycles. The van der Waals surface area contributed by atoms with Gasteiger partial charge in [0, 0.05) is 22.7 Å². The van der Waals surface area contributed by atoms with E-state index in [4.69, 9.17) is 42.1 Å². The highest BCUT2D eigenvalue weighted by Gasteiger charge is 2.40. The minimum atomic E-state index is -0.368. The van der Waals surface area contributed by atoms with Crippen LogP contribution in [0.5, 0.6) is 11.5 Å². The Hall–Kier alpha value is -2.77. The molecule has 0 bridgehead atoms. The van der Waals surface area contributed by atoms with Gasteiger partial charge >= 0.3 is 0 Å². The fourth-order valence-corrected chi connectivity index (χ4v) is 4.98. The second-order valence-corrected chi connectivity index (χ2v) is 9.84. The number of rotatable bonds is 10. The van der Waals surface area contributed by atoms with Crippen LogP contribution >= 0.6 is 23.2 Å². The molecule has 0 radical (unpaired) electrons. The van der Waals surface area contributed by atoms with Gasteiger partial charge in [-0.25, -0.2) is 0 Å². The largest absolute Gasteiger partial charge is 0.493 e. The van der Waals surface area contributed by atoms with Gasteiger partial charge in [-0.3, -0.25) is 4.79 Å². The summed E-state index contributed by atoms with van der Waals surface area (Å²) in [5, 5.41) is 1.25. The van der Waals surface area contributed by atoms with E-state index >= 15 is 0 Å². The van der Waals surface area contributed by atoms with Gasteiger partial charge in [0.15, 0.2) is 11.5 Å². The van der Waals surface area contributed by atoms with Crippen LogP contribution in [0, 0.1) is 0 Å². The summed E-state index contributed by atoms with van der Waals surface area (Å²) in [5.74, 6) is 1.27. The molecule has 0 unspecified atom stereocenters. The normalized spacial score (nSPS) is 18.5. The number of morpholine rings is 1. The maximum Gasteiger partial charge on any atom is 0.249 e. The average Bonchev–Trinajstić information content (AvgIpc) is 2.91. The lowest BCUT2D eigenvalue weighted by Gasteiger charge is -2.44. The SMILES string of the molecule is COc1ccc(COCC[C@H](C)N2C(=O)CO[C@H](c3cccc(Cl)c3)[C@H]2c2ccc(Cl)cc2)cc1OC. The van der Waals surface area contributed by atoms with Crippen LogP contribution in [0.3, 0.4) is 0 Å². The summed E-state index contributed by atoms with van der Waals surface area (Å²) in [6.07, 6.45) is 0.290. The summed E-state index contributed by atoms with van der Waals surface area (Å²) in [7, 11) is 3.22. The Morgan fingerprint density at radius 2 is 1.70 bits per heavy atom. The number of ether oxygens (including phenoxy) is 4. The minimum Gasteiger partial charge on any atom is -0.493 e. The van der Waals surface area contributed by atoms with Gasteiger partial charge in [-0.2, -0.15) is 0 Å². The summed E-state index contributed by atoms with van der Waals surface area (Å²) < 4.78 is 22.7. The van der Waals surface area contributed by atoms with Gasteiger partial charge in [-0.1, -0.05) is 53.5 Å². The molecule has 0 saturated carbocycles. The molecule has 1 saturated heterocycles. The number of amides is 1. The van der Waals surface area contributed by atoms with Gasteiger partial charge in [-0.15, -0.1) is 0 Å². The molecule has 3 aromatic rings. The van der Waals surface area contributed by atoms with Crippen LogP contribution in [-0.4, -0.2) is 44.3 Å². The van der Waals surface area contributed by atoms with Crippen LogP contribution in [0.15, 0.2) is 66.7 Å². The number of nitrogens with zero attached hydrogens (tertiary/aromatic N) is 1. The van der Waals surface area contributed by atoms with E-state index in [0.29, 0.717) is 41.2 Å². The molecule has 1 amide bonds. The molecule has 1 heterocycles. The lowest BCUT2D eigenvalue weighted by Crippen LogP contribution is -2.50. The minimum absolute atomic E-state index is 0.00188. The summed E-state index contributed by atoms with van der Waals surface area (Å²) in [4.78, 5) is 15.1. The Bertz CT molecular complexity index is 1200. The molecule has 8 heteroatoms. The lowest BCUT2D eigenvalue weighted by atomic mass is 9.91. The monoisotopic (exact) mass is 543 g/mol. The summed E-state index contributed by atoms with van der Waals surface area (Å²) in [5.41, 5.74) is 2.84. The number of benzene rings is 3. The van der Waals surface area contributed by atoms with Crippen molar-refractivity contribution >= 4 is 29.1 Å². The third-order valence-electron chi connectivity index (χ3n) is 6.52. The van der Waals surface area contributed by atoms with Gasteiger partial charge in [0.1, 0.15) is 12.7 Å². The smallest absolute Gasteiger partial charge is 0.249 e. The molecule has 6 nitrogen and oxygen atoms in total. The van der Waals surface area contributed by atoms with E-state index < -0.39 is 0 Å². The van der Waals surface area contributed by atoms with Crippen LogP contribution in [0.4, 0.5) is 0 Å². The second kappa shape index (κ2) is 12.7. The zero-order valence-corrected chi connectivity index (χ0v) is 22.7. The molecular formula is C29H31Cl2NO5. The van der Waals surface area contributed by atoms with Crippen molar-refractivity contribution in [3.8, 4) is 11.5 Å². The van der Waals surface area contributed by atoms with Gasteiger partial charge in [-0.05, 0) is 66.4 Å². The van der Waals surface area contributed by atoms with Gasteiger partial charge in [0.25, 0.3) is 0 Å². The van der Waals surface area contributed by atoms with E-state index in [-0.39, 0.29) is 30.7 Å². The molecule has 1 aliphatic heterocycles. The molecule has 3 aromatic carbocycles.